The van der Waals surface area contributed by atoms with Crippen LogP contribution >= 0.6 is 24.0 Å². The molecule has 0 bridgehead atoms. The number of ether oxygens (including phenoxy) is 1. The molecule has 1 aromatic carbocycles. The molecule has 2 aliphatic rings. The van der Waals surface area contributed by atoms with Gasteiger partial charge in [0, 0.05) is 32.4 Å². The van der Waals surface area contributed by atoms with E-state index in [0.29, 0.717) is 13.2 Å². The highest BCUT2D eigenvalue weighted by Crippen LogP contribution is 2.19. The van der Waals surface area contributed by atoms with E-state index in [1.807, 2.05) is 24.3 Å². The Balaban J connectivity index is 0.00000300. The molecule has 0 aromatic heterocycles. The van der Waals surface area contributed by atoms with E-state index in [-0.39, 0.29) is 36.0 Å². The zero-order valence-electron chi connectivity index (χ0n) is 17.2. The lowest BCUT2D eigenvalue weighted by molar-refractivity contribution is -0.124. The molecule has 7 heteroatoms. The van der Waals surface area contributed by atoms with Crippen molar-refractivity contribution < 1.29 is 9.53 Å². The van der Waals surface area contributed by atoms with E-state index in [9.17, 15) is 4.79 Å². The summed E-state index contributed by atoms with van der Waals surface area (Å²) in [6.45, 7) is 2.21. The molecule has 1 saturated heterocycles. The number of aliphatic imine (C=N–C) groups is 1. The Morgan fingerprint density at radius 1 is 1.24 bits per heavy atom. The lowest BCUT2D eigenvalue weighted by Crippen LogP contribution is -2.37. The van der Waals surface area contributed by atoms with Crippen LogP contribution < -0.4 is 16.0 Å². The van der Waals surface area contributed by atoms with Crippen LogP contribution in [0.5, 0.6) is 0 Å². The third-order valence-corrected chi connectivity index (χ3v) is 5.22. The van der Waals surface area contributed by atoms with Crippen molar-refractivity contribution in [3.8, 4) is 0 Å². The van der Waals surface area contributed by atoms with E-state index in [2.05, 4.69) is 27.0 Å². The summed E-state index contributed by atoms with van der Waals surface area (Å²) in [6.07, 6.45) is 10.00. The number of amides is 1. The molecule has 1 aliphatic carbocycles. The maximum Gasteiger partial charge on any atom is 0.253 e. The first-order chi connectivity index (χ1) is 13.7. The molecule has 3 rings (SSSR count). The van der Waals surface area contributed by atoms with Crippen molar-refractivity contribution in [1.82, 2.24) is 10.6 Å². The fourth-order valence-electron chi connectivity index (χ4n) is 3.65. The average Bonchev–Trinajstić information content (AvgIpc) is 3.27. The Bertz CT molecular complexity index is 715. The van der Waals surface area contributed by atoms with Crippen LogP contribution in [0.25, 0.3) is 0 Å². The number of guanidine groups is 1. The van der Waals surface area contributed by atoms with Gasteiger partial charge in [0.15, 0.2) is 5.96 Å². The Morgan fingerprint density at radius 3 is 2.86 bits per heavy atom. The van der Waals surface area contributed by atoms with E-state index in [0.717, 1.165) is 43.0 Å². The van der Waals surface area contributed by atoms with Gasteiger partial charge in [0.1, 0.15) is 6.10 Å². The number of halogens is 1. The summed E-state index contributed by atoms with van der Waals surface area (Å²) in [7, 11) is 1.79. The molecule has 29 heavy (non-hydrogen) atoms. The van der Waals surface area contributed by atoms with Crippen LogP contribution in [0.1, 0.15) is 50.5 Å². The van der Waals surface area contributed by atoms with Crippen LogP contribution in [0.3, 0.4) is 0 Å². The monoisotopic (exact) mass is 512 g/mol. The van der Waals surface area contributed by atoms with Gasteiger partial charge in [0.25, 0.3) is 5.91 Å². The van der Waals surface area contributed by atoms with Crippen molar-refractivity contribution in [3.63, 3.8) is 0 Å². The third kappa shape index (κ3) is 7.97. The number of allylic oxidation sites excluding steroid dienone is 1. The van der Waals surface area contributed by atoms with Crippen molar-refractivity contribution in [3.05, 3.63) is 41.5 Å². The molecule has 160 valence electrons. The molecule has 1 aliphatic heterocycles. The molecule has 1 atom stereocenters. The number of carbonyl (C=O) groups is 1. The summed E-state index contributed by atoms with van der Waals surface area (Å²) >= 11 is 0. The Kier molecular flexibility index (Phi) is 10.5. The molecule has 0 spiro atoms. The van der Waals surface area contributed by atoms with E-state index in [4.69, 9.17) is 4.74 Å². The van der Waals surface area contributed by atoms with Gasteiger partial charge in [0.05, 0.1) is 0 Å². The van der Waals surface area contributed by atoms with Gasteiger partial charge in [-0.05, 0) is 62.6 Å². The summed E-state index contributed by atoms with van der Waals surface area (Å²) in [6, 6.07) is 7.88. The van der Waals surface area contributed by atoms with Gasteiger partial charge in [-0.2, -0.15) is 0 Å². The van der Waals surface area contributed by atoms with Crippen LogP contribution in [-0.4, -0.2) is 38.2 Å². The van der Waals surface area contributed by atoms with Crippen LogP contribution in [0.15, 0.2) is 40.9 Å². The lowest BCUT2D eigenvalue weighted by Gasteiger charge is -2.15. The first kappa shape index (κ1) is 23.7. The fraction of sp³-hybridized carbons (Fsp3) is 0.545. The Morgan fingerprint density at radius 2 is 2.14 bits per heavy atom. The summed E-state index contributed by atoms with van der Waals surface area (Å²) in [5.74, 6) is 0.738. The fourth-order valence-corrected chi connectivity index (χ4v) is 3.65. The predicted molar refractivity (Wildman–Crippen MR) is 129 cm³/mol. The maximum atomic E-state index is 12.2. The van der Waals surface area contributed by atoms with Crippen molar-refractivity contribution in [2.75, 3.05) is 25.5 Å². The Labute approximate surface area is 191 Å². The molecule has 1 aromatic rings. The molecule has 6 nitrogen and oxygen atoms in total. The van der Waals surface area contributed by atoms with Gasteiger partial charge in [0.2, 0.25) is 0 Å². The highest BCUT2D eigenvalue weighted by molar-refractivity contribution is 14.0. The quantitative estimate of drug-likeness (QED) is 0.224. The van der Waals surface area contributed by atoms with Gasteiger partial charge in [-0.1, -0.05) is 23.8 Å². The SMILES string of the molecule is CN=C(NCCC1=CCCCC1)NCc1cccc(NC(=O)C2CCCO2)c1.I. The Hall–Kier alpha value is -1.61. The summed E-state index contributed by atoms with van der Waals surface area (Å²) < 4.78 is 5.44. The molecule has 1 heterocycles. The number of nitrogens with one attached hydrogen (secondary N) is 3. The molecule has 0 radical (unpaired) electrons. The van der Waals surface area contributed by atoms with Gasteiger partial charge in [-0.15, -0.1) is 24.0 Å². The minimum absolute atomic E-state index is 0. The molecule has 1 unspecified atom stereocenters. The topological polar surface area (TPSA) is 74.8 Å². The first-order valence-corrected chi connectivity index (χ1v) is 10.4. The van der Waals surface area contributed by atoms with Crippen LogP contribution in [0, 0.1) is 0 Å². The molecular formula is C22H33IN4O2. The summed E-state index contributed by atoms with van der Waals surface area (Å²) in [5.41, 5.74) is 3.44. The molecule has 3 N–H and O–H groups in total. The largest absolute Gasteiger partial charge is 0.368 e. The average molecular weight is 512 g/mol. The number of anilines is 1. The van der Waals surface area contributed by atoms with Gasteiger partial charge < -0.3 is 20.7 Å². The van der Waals surface area contributed by atoms with Gasteiger partial charge in [-0.25, -0.2) is 0 Å². The second-order valence-corrected chi connectivity index (χ2v) is 7.40. The van der Waals surface area contributed by atoms with Gasteiger partial charge in [-0.3, -0.25) is 9.79 Å². The van der Waals surface area contributed by atoms with Crippen molar-refractivity contribution >= 4 is 41.5 Å². The number of hydrogen-bond acceptors (Lipinski definition) is 3. The number of rotatable bonds is 7. The number of benzene rings is 1. The zero-order chi connectivity index (χ0) is 19.6. The van der Waals surface area contributed by atoms with Crippen LogP contribution in [-0.2, 0) is 16.1 Å². The summed E-state index contributed by atoms with van der Waals surface area (Å²) in [5, 5.41) is 9.68. The highest BCUT2D eigenvalue weighted by Gasteiger charge is 2.23. The normalized spacial score (nSPS) is 19.1. The second-order valence-electron chi connectivity index (χ2n) is 7.40. The molecule has 0 saturated carbocycles. The molecule has 1 amide bonds. The molecular weight excluding hydrogens is 479 g/mol. The summed E-state index contributed by atoms with van der Waals surface area (Å²) in [4.78, 5) is 16.5. The van der Waals surface area contributed by atoms with Crippen molar-refractivity contribution in [2.24, 2.45) is 4.99 Å². The predicted octanol–water partition coefficient (Wildman–Crippen LogP) is 3.98. The number of carbonyl (C=O) groups excluding carboxylic acids is 1. The number of hydrogen-bond donors (Lipinski definition) is 3. The zero-order valence-corrected chi connectivity index (χ0v) is 19.5. The highest BCUT2D eigenvalue weighted by atomic mass is 127. The van der Waals surface area contributed by atoms with Crippen LogP contribution in [0.2, 0.25) is 0 Å². The van der Waals surface area contributed by atoms with Gasteiger partial charge >= 0.3 is 0 Å². The standard InChI is InChI=1S/C22H32N4O2.HI/c1-23-22(24-13-12-17-7-3-2-4-8-17)25-16-18-9-5-10-19(15-18)26-21(27)20-11-6-14-28-20;/h5,7,9-10,15,20H,2-4,6,8,11-14,16H2,1H3,(H,26,27)(H2,23,24,25);1H. The van der Waals surface area contributed by atoms with E-state index < -0.39 is 0 Å². The van der Waals surface area contributed by atoms with Crippen molar-refractivity contribution in [2.45, 2.75) is 57.6 Å². The van der Waals surface area contributed by atoms with E-state index in [1.165, 1.54) is 25.7 Å². The minimum atomic E-state index is -0.316. The second kappa shape index (κ2) is 12.8. The molecule has 1 fully saturated rings. The minimum Gasteiger partial charge on any atom is -0.368 e. The lowest BCUT2D eigenvalue weighted by atomic mass is 9.97. The third-order valence-electron chi connectivity index (χ3n) is 5.22. The van der Waals surface area contributed by atoms with Crippen LogP contribution in [0.4, 0.5) is 5.69 Å². The number of nitrogens with zero attached hydrogens (tertiary/aromatic N) is 1. The maximum absolute atomic E-state index is 12.2. The van der Waals surface area contributed by atoms with E-state index >= 15 is 0 Å². The first-order valence-electron chi connectivity index (χ1n) is 10.4. The smallest absolute Gasteiger partial charge is 0.253 e. The van der Waals surface area contributed by atoms with Crippen molar-refractivity contribution in [1.29, 1.82) is 0 Å². The van der Waals surface area contributed by atoms with E-state index in [1.54, 1.807) is 12.6 Å².